The lowest BCUT2D eigenvalue weighted by atomic mass is 10.1. The van der Waals surface area contributed by atoms with Gasteiger partial charge in [-0.1, -0.05) is 29.3 Å². The normalized spacial score (nSPS) is 18.7. The van der Waals surface area contributed by atoms with Gasteiger partial charge in [-0.3, -0.25) is 4.79 Å². The number of likely N-dealkylation sites (tertiary alicyclic amines) is 1. The Labute approximate surface area is 122 Å². The van der Waals surface area contributed by atoms with Crippen LogP contribution in [0.25, 0.3) is 0 Å². The minimum Gasteiger partial charge on any atom is -0.351 e. The topological polar surface area (TPSA) is 85.3 Å². The van der Waals surface area contributed by atoms with Crippen LogP contribution in [-0.4, -0.2) is 32.8 Å². The van der Waals surface area contributed by atoms with Gasteiger partial charge >= 0.3 is 0 Å². The van der Waals surface area contributed by atoms with Gasteiger partial charge in [0, 0.05) is 12.6 Å². The maximum absolute atomic E-state index is 12.6. The van der Waals surface area contributed by atoms with E-state index in [1.807, 2.05) is 20.8 Å². The molecule has 0 saturated carbocycles. The Morgan fingerprint density at radius 3 is 2.81 bits per heavy atom. The quantitative estimate of drug-likeness (QED) is 0.863. The molecule has 0 aliphatic carbocycles. The Morgan fingerprint density at radius 2 is 2.19 bits per heavy atom. The van der Waals surface area contributed by atoms with Gasteiger partial charge in [-0.15, -0.1) is 0 Å². The molecule has 1 amide bonds. The molecule has 21 heavy (non-hydrogen) atoms. The molecular formula is C14H18N4O3. The minimum atomic E-state index is -0.153. The maximum Gasteiger partial charge on any atom is 0.293 e. The van der Waals surface area contributed by atoms with Crippen molar-refractivity contribution in [1.82, 2.24) is 20.4 Å². The summed E-state index contributed by atoms with van der Waals surface area (Å²) in [5.41, 5.74) is 2.23. The van der Waals surface area contributed by atoms with Crippen molar-refractivity contribution in [2.24, 2.45) is 0 Å². The first kappa shape index (κ1) is 13.8. The molecule has 0 spiro atoms. The molecule has 3 heterocycles. The van der Waals surface area contributed by atoms with Crippen LogP contribution in [0.5, 0.6) is 0 Å². The minimum absolute atomic E-state index is 0.101. The molecule has 0 aromatic carbocycles. The van der Waals surface area contributed by atoms with E-state index in [-0.39, 0.29) is 23.6 Å². The lowest BCUT2D eigenvalue weighted by molar-refractivity contribution is 0.0688. The summed E-state index contributed by atoms with van der Waals surface area (Å²) in [4.78, 5) is 14.4. The molecule has 3 rings (SSSR count). The lowest BCUT2D eigenvalue weighted by Gasteiger charge is -2.21. The summed E-state index contributed by atoms with van der Waals surface area (Å²) in [6.07, 6.45) is 1.78. The third kappa shape index (κ3) is 2.43. The molecule has 112 valence electrons. The zero-order chi connectivity index (χ0) is 15.0. The highest BCUT2D eigenvalue weighted by molar-refractivity contribution is 5.92. The van der Waals surface area contributed by atoms with E-state index in [1.54, 1.807) is 11.0 Å². The Bertz CT molecular complexity index is 646. The Hall–Kier alpha value is -2.18. The van der Waals surface area contributed by atoms with Crippen molar-refractivity contribution in [2.45, 2.75) is 45.6 Å². The monoisotopic (exact) mass is 290 g/mol. The first-order valence-corrected chi connectivity index (χ1v) is 7.14. The molecule has 7 nitrogen and oxygen atoms in total. The third-order valence-corrected chi connectivity index (χ3v) is 3.85. The summed E-state index contributed by atoms with van der Waals surface area (Å²) in [7, 11) is 0. The van der Waals surface area contributed by atoms with Crippen LogP contribution in [-0.2, 0) is 0 Å². The van der Waals surface area contributed by atoms with Gasteiger partial charge in [-0.05, 0) is 25.7 Å². The van der Waals surface area contributed by atoms with E-state index in [4.69, 9.17) is 9.15 Å². The highest BCUT2D eigenvalue weighted by atomic mass is 16.6. The number of carbonyl (C=O) groups is 1. The van der Waals surface area contributed by atoms with E-state index in [2.05, 4.69) is 15.5 Å². The highest BCUT2D eigenvalue weighted by Gasteiger charge is 2.35. The van der Waals surface area contributed by atoms with E-state index in [1.165, 1.54) is 0 Å². The van der Waals surface area contributed by atoms with Gasteiger partial charge in [0.1, 0.15) is 11.4 Å². The van der Waals surface area contributed by atoms with Crippen molar-refractivity contribution in [3.05, 3.63) is 28.9 Å². The molecule has 0 unspecified atom stereocenters. The van der Waals surface area contributed by atoms with Gasteiger partial charge in [0.2, 0.25) is 5.76 Å². The number of amides is 1. The summed E-state index contributed by atoms with van der Waals surface area (Å²) >= 11 is 0. The van der Waals surface area contributed by atoms with Gasteiger partial charge < -0.3 is 9.42 Å². The van der Waals surface area contributed by atoms with Crippen LogP contribution in [0.15, 0.2) is 15.2 Å². The molecule has 0 N–H and O–H groups in total. The van der Waals surface area contributed by atoms with E-state index in [0.717, 1.165) is 29.9 Å². The number of nitrogens with zero attached hydrogens (tertiary/aromatic N) is 4. The van der Waals surface area contributed by atoms with E-state index in [0.29, 0.717) is 6.54 Å². The van der Waals surface area contributed by atoms with E-state index < -0.39 is 0 Å². The second kappa shape index (κ2) is 5.31. The van der Waals surface area contributed by atoms with Crippen LogP contribution >= 0.6 is 0 Å². The average molecular weight is 290 g/mol. The Balaban J connectivity index is 1.84. The first-order valence-electron chi connectivity index (χ1n) is 7.14. The molecule has 7 heteroatoms. The van der Waals surface area contributed by atoms with Gasteiger partial charge in [-0.2, -0.15) is 0 Å². The summed E-state index contributed by atoms with van der Waals surface area (Å²) in [6, 6.07) is 1.62. The predicted octanol–water partition coefficient (Wildman–Crippen LogP) is 2.47. The van der Waals surface area contributed by atoms with Gasteiger partial charge in [0.05, 0.1) is 11.7 Å². The van der Waals surface area contributed by atoms with Crippen LogP contribution in [0.2, 0.25) is 0 Å². The predicted molar refractivity (Wildman–Crippen MR) is 72.6 cm³/mol. The zero-order valence-corrected chi connectivity index (χ0v) is 12.4. The van der Waals surface area contributed by atoms with Crippen LogP contribution in [0, 0.1) is 6.92 Å². The Kier molecular flexibility index (Phi) is 3.48. The summed E-state index contributed by atoms with van der Waals surface area (Å²) in [5.74, 6) is 0.352. The molecule has 2 aromatic heterocycles. The van der Waals surface area contributed by atoms with Crippen molar-refractivity contribution >= 4 is 5.91 Å². The van der Waals surface area contributed by atoms with Crippen molar-refractivity contribution in [1.29, 1.82) is 0 Å². The fraction of sp³-hybridized carbons (Fsp3) is 0.571. The first-order chi connectivity index (χ1) is 10.1. The van der Waals surface area contributed by atoms with Crippen LogP contribution in [0.1, 0.15) is 66.3 Å². The molecule has 0 radical (unpaired) electrons. The van der Waals surface area contributed by atoms with Crippen LogP contribution in [0.3, 0.4) is 0 Å². The number of hydrogen-bond donors (Lipinski definition) is 0. The second-order valence-electron chi connectivity index (χ2n) is 5.66. The zero-order valence-electron chi connectivity index (χ0n) is 12.4. The van der Waals surface area contributed by atoms with Crippen molar-refractivity contribution in [3.63, 3.8) is 0 Å². The molecule has 1 saturated heterocycles. The molecular weight excluding hydrogens is 272 g/mol. The fourth-order valence-electron chi connectivity index (χ4n) is 2.64. The molecule has 1 fully saturated rings. The Morgan fingerprint density at radius 1 is 1.38 bits per heavy atom. The average Bonchev–Trinajstić information content (AvgIpc) is 3.17. The van der Waals surface area contributed by atoms with Crippen molar-refractivity contribution in [2.75, 3.05) is 6.54 Å². The molecule has 2 aromatic rings. The number of aromatic nitrogens is 3. The molecule has 0 bridgehead atoms. The van der Waals surface area contributed by atoms with E-state index in [9.17, 15) is 4.79 Å². The molecule has 1 atom stereocenters. The second-order valence-corrected chi connectivity index (χ2v) is 5.66. The SMILES string of the molecule is Cc1nonc1[C@H]1CCCN1C(=O)c1cc(C(C)C)no1. The number of aryl methyl sites for hydroxylation is 1. The smallest absolute Gasteiger partial charge is 0.293 e. The lowest BCUT2D eigenvalue weighted by Crippen LogP contribution is -2.30. The summed E-state index contributed by atoms with van der Waals surface area (Å²) < 4.78 is 9.95. The summed E-state index contributed by atoms with van der Waals surface area (Å²) in [6.45, 7) is 6.52. The van der Waals surface area contributed by atoms with Crippen molar-refractivity contribution in [3.8, 4) is 0 Å². The van der Waals surface area contributed by atoms with Crippen LogP contribution in [0.4, 0.5) is 0 Å². The molecule has 1 aliphatic rings. The maximum atomic E-state index is 12.6. The number of rotatable bonds is 3. The highest BCUT2D eigenvalue weighted by Crippen LogP contribution is 2.33. The number of hydrogen-bond acceptors (Lipinski definition) is 6. The fourth-order valence-corrected chi connectivity index (χ4v) is 2.64. The number of carbonyl (C=O) groups excluding carboxylic acids is 1. The van der Waals surface area contributed by atoms with Gasteiger partial charge in [0.15, 0.2) is 0 Å². The third-order valence-electron chi connectivity index (χ3n) is 3.85. The van der Waals surface area contributed by atoms with Gasteiger partial charge in [0.25, 0.3) is 5.91 Å². The summed E-state index contributed by atoms with van der Waals surface area (Å²) in [5, 5.41) is 11.7. The van der Waals surface area contributed by atoms with E-state index >= 15 is 0 Å². The largest absolute Gasteiger partial charge is 0.351 e. The molecule has 1 aliphatic heterocycles. The van der Waals surface area contributed by atoms with Crippen molar-refractivity contribution < 1.29 is 13.9 Å². The van der Waals surface area contributed by atoms with Crippen LogP contribution < -0.4 is 0 Å². The standard InChI is InChI=1S/C14H18N4O3/c1-8(2)10-7-12(20-16-10)14(19)18-6-4-5-11(18)13-9(3)15-21-17-13/h7-8,11H,4-6H2,1-3H3/t11-/m1/s1. The van der Waals surface area contributed by atoms with Gasteiger partial charge in [-0.25, -0.2) is 4.63 Å².